The van der Waals surface area contributed by atoms with E-state index < -0.39 is 0 Å². The predicted octanol–water partition coefficient (Wildman–Crippen LogP) is 2.87. The number of nitrogens with zero attached hydrogens (tertiary/aromatic N) is 1. The zero-order chi connectivity index (χ0) is 8.81. The smallest absolute Gasteiger partial charge is 0.0209 e. The van der Waals surface area contributed by atoms with E-state index in [9.17, 15) is 0 Å². The van der Waals surface area contributed by atoms with Gasteiger partial charge in [0.1, 0.15) is 0 Å². The van der Waals surface area contributed by atoms with E-state index in [0.717, 1.165) is 5.25 Å². The first kappa shape index (κ1) is 10.7. The third-order valence-corrected chi connectivity index (χ3v) is 4.39. The van der Waals surface area contributed by atoms with Gasteiger partial charge in [-0.15, -0.1) is 0 Å². The first-order valence-corrected chi connectivity index (χ1v) is 7.00. The minimum absolute atomic E-state index is 0.920. The van der Waals surface area contributed by atoms with E-state index in [1.807, 2.05) is 11.9 Å². The molecule has 1 aliphatic heterocycles. The van der Waals surface area contributed by atoms with E-state index in [1.54, 1.807) is 0 Å². The fourth-order valence-electron chi connectivity index (χ4n) is 1.52. The molecule has 0 N–H and O–H groups in total. The van der Waals surface area contributed by atoms with Crippen LogP contribution in [-0.4, -0.2) is 34.7 Å². The number of thioether (sulfide) groups is 1. The molecular weight excluding hydrogens is 186 g/mol. The van der Waals surface area contributed by atoms with Gasteiger partial charge in [-0.2, -0.15) is 11.8 Å². The van der Waals surface area contributed by atoms with Crippen molar-refractivity contribution in [1.29, 1.82) is 0 Å². The van der Waals surface area contributed by atoms with Gasteiger partial charge in [-0.1, -0.05) is 18.9 Å². The highest BCUT2D eigenvalue weighted by Crippen LogP contribution is 2.27. The molecule has 1 saturated heterocycles. The lowest BCUT2D eigenvalue weighted by Gasteiger charge is -2.21. The molecule has 1 heterocycles. The van der Waals surface area contributed by atoms with Gasteiger partial charge in [0.15, 0.2) is 0 Å². The topological polar surface area (TPSA) is 3.24 Å². The molecule has 12 heavy (non-hydrogen) atoms. The van der Waals surface area contributed by atoms with E-state index in [1.165, 1.54) is 38.1 Å². The molecule has 1 nitrogen and oxygen atoms in total. The summed E-state index contributed by atoms with van der Waals surface area (Å²) < 4.78 is 2.50. The van der Waals surface area contributed by atoms with Gasteiger partial charge >= 0.3 is 0 Å². The van der Waals surface area contributed by atoms with Gasteiger partial charge in [-0.3, -0.25) is 0 Å². The second-order valence-corrected chi connectivity index (χ2v) is 5.50. The molecule has 1 rings (SSSR count). The monoisotopic (exact) mass is 205 g/mol. The van der Waals surface area contributed by atoms with E-state index in [-0.39, 0.29) is 0 Å². The Bertz CT molecular complexity index is 113. The standard InChI is InChI=1S/C9H19NS2/c1-3-6-10(11-2)8-9-5-4-7-12-9/h9H,3-8H2,1-2H3. The van der Waals surface area contributed by atoms with Crippen molar-refractivity contribution in [3.05, 3.63) is 0 Å². The summed E-state index contributed by atoms with van der Waals surface area (Å²) in [7, 11) is 0. The normalized spacial score (nSPS) is 23.8. The maximum absolute atomic E-state index is 2.50. The van der Waals surface area contributed by atoms with Gasteiger partial charge in [0, 0.05) is 18.3 Å². The van der Waals surface area contributed by atoms with Crippen molar-refractivity contribution in [3.8, 4) is 0 Å². The van der Waals surface area contributed by atoms with Crippen molar-refractivity contribution in [1.82, 2.24) is 4.31 Å². The minimum atomic E-state index is 0.920. The maximum atomic E-state index is 2.50. The molecule has 0 bridgehead atoms. The third kappa shape index (κ3) is 3.58. The third-order valence-electron chi connectivity index (χ3n) is 2.16. The van der Waals surface area contributed by atoms with Crippen LogP contribution in [0.4, 0.5) is 0 Å². The van der Waals surface area contributed by atoms with Crippen molar-refractivity contribution in [2.75, 3.05) is 25.1 Å². The van der Waals surface area contributed by atoms with Crippen molar-refractivity contribution in [3.63, 3.8) is 0 Å². The quantitative estimate of drug-likeness (QED) is 0.635. The van der Waals surface area contributed by atoms with Gasteiger partial charge in [0.25, 0.3) is 0 Å². The number of hydrogen-bond donors (Lipinski definition) is 0. The summed E-state index contributed by atoms with van der Waals surface area (Å²) in [5.41, 5.74) is 0. The molecule has 0 spiro atoms. The van der Waals surface area contributed by atoms with Gasteiger partial charge in [-0.25, -0.2) is 4.31 Å². The fourth-order valence-corrected chi connectivity index (χ4v) is 3.60. The Kier molecular flexibility index (Phi) is 5.52. The lowest BCUT2D eigenvalue weighted by molar-refractivity contribution is 0.462. The first-order chi connectivity index (χ1) is 5.86. The summed E-state index contributed by atoms with van der Waals surface area (Å²) in [5, 5.41) is 0.920. The zero-order valence-corrected chi connectivity index (χ0v) is 9.72. The van der Waals surface area contributed by atoms with Crippen molar-refractivity contribution in [2.45, 2.75) is 31.4 Å². The summed E-state index contributed by atoms with van der Waals surface area (Å²) in [6.07, 6.45) is 6.34. The van der Waals surface area contributed by atoms with Crippen LogP contribution in [0.25, 0.3) is 0 Å². The fraction of sp³-hybridized carbons (Fsp3) is 1.00. The molecule has 0 aromatic rings. The van der Waals surface area contributed by atoms with Crippen LogP contribution < -0.4 is 0 Å². The van der Waals surface area contributed by atoms with Crippen molar-refractivity contribution < 1.29 is 0 Å². The van der Waals surface area contributed by atoms with Crippen LogP contribution in [0.3, 0.4) is 0 Å². The average molecular weight is 205 g/mol. The molecule has 72 valence electrons. The summed E-state index contributed by atoms with van der Waals surface area (Å²) in [5.74, 6) is 1.39. The van der Waals surface area contributed by atoms with Crippen molar-refractivity contribution in [2.24, 2.45) is 0 Å². The molecular formula is C9H19NS2. The lowest BCUT2D eigenvalue weighted by atomic mass is 10.2. The average Bonchev–Trinajstić information content (AvgIpc) is 2.56. The van der Waals surface area contributed by atoms with Crippen LogP contribution in [0.2, 0.25) is 0 Å². The lowest BCUT2D eigenvalue weighted by Crippen LogP contribution is -2.24. The molecule has 1 unspecified atom stereocenters. The summed E-state index contributed by atoms with van der Waals surface area (Å²) in [6.45, 7) is 4.79. The van der Waals surface area contributed by atoms with E-state index >= 15 is 0 Å². The molecule has 0 saturated carbocycles. The molecule has 3 heteroatoms. The van der Waals surface area contributed by atoms with Crippen molar-refractivity contribution >= 4 is 23.7 Å². The van der Waals surface area contributed by atoms with Gasteiger partial charge in [0.05, 0.1) is 0 Å². The Balaban J connectivity index is 2.16. The SMILES string of the molecule is CCCN(CC1CCCS1)SC. The van der Waals surface area contributed by atoms with Gasteiger partial charge in [0.2, 0.25) is 0 Å². The zero-order valence-electron chi connectivity index (χ0n) is 8.08. The second-order valence-electron chi connectivity index (χ2n) is 3.21. The molecule has 1 atom stereocenters. The Morgan fingerprint density at radius 3 is 2.92 bits per heavy atom. The molecule has 0 radical (unpaired) electrons. The van der Waals surface area contributed by atoms with Crippen LogP contribution in [-0.2, 0) is 0 Å². The van der Waals surface area contributed by atoms with Gasteiger partial charge < -0.3 is 0 Å². The van der Waals surface area contributed by atoms with Gasteiger partial charge in [-0.05, 0) is 31.3 Å². The minimum Gasteiger partial charge on any atom is -0.250 e. The molecule has 1 fully saturated rings. The maximum Gasteiger partial charge on any atom is 0.0209 e. The summed E-state index contributed by atoms with van der Waals surface area (Å²) >= 11 is 4.06. The Hall–Kier alpha value is 0.660. The highest BCUT2D eigenvalue weighted by Gasteiger charge is 2.17. The largest absolute Gasteiger partial charge is 0.250 e. The van der Waals surface area contributed by atoms with Crippen LogP contribution >= 0.6 is 23.7 Å². The summed E-state index contributed by atoms with van der Waals surface area (Å²) in [4.78, 5) is 0. The van der Waals surface area contributed by atoms with E-state index in [4.69, 9.17) is 0 Å². The predicted molar refractivity (Wildman–Crippen MR) is 60.9 cm³/mol. The van der Waals surface area contributed by atoms with E-state index in [2.05, 4.69) is 29.2 Å². The molecule has 0 aromatic carbocycles. The Morgan fingerprint density at radius 2 is 2.42 bits per heavy atom. The van der Waals surface area contributed by atoms with Crippen LogP contribution in [0.15, 0.2) is 0 Å². The number of rotatable bonds is 5. The molecule has 0 amide bonds. The molecule has 0 aliphatic carbocycles. The molecule has 1 aliphatic rings. The second kappa shape index (κ2) is 6.17. The highest BCUT2D eigenvalue weighted by atomic mass is 32.2. The van der Waals surface area contributed by atoms with Crippen LogP contribution in [0.1, 0.15) is 26.2 Å². The first-order valence-electron chi connectivity index (χ1n) is 4.77. The number of hydrogen-bond acceptors (Lipinski definition) is 3. The Labute approximate surface area is 84.8 Å². The van der Waals surface area contributed by atoms with Crippen LogP contribution in [0.5, 0.6) is 0 Å². The summed E-state index contributed by atoms with van der Waals surface area (Å²) in [6, 6.07) is 0. The Morgan fingerprint density at radius 1 is 1.58 bits per heavy atom. The van der Waals surface area contributed by atoms with E-state index in [0.29, 0.717) is 0 Å². The highest BCUT2D eigenvalue weighted by molar-refractivity contribution is 8.00. The van der Waals surface area contributed by atoms with Crippen LogP contribution in [0, 0.1) is 0 Å². The molecule has 0 aromatic heterocycles.